The summed E-state index contributed by atoms with van der Waals surface area (Å²) in [6.07, 6.45) is 0. The maximum Gasteiger partial charge on any atom is 0.337 e. The third kappa shape index (κ3) is 3.90. The molecule has 1 heterocycles. The van der Waals surface area contributed by atoms with Crippen molar-refractivity contribution in [1.82, 2.24) is 10.3 Å². The van der Waals surface area contributed by atoms with E-state index in [2.05, 4.69) is 10.3 Å². The Morgan fingerprint density at radius 1 is 1.25 bits per heavy atom. The van der Waals surface area contributed by atoms with Crippen molar-refractivity contribution in [3.05, 3.63) is 58.9 Å². The molecule has 1 amide bonds. The highest BCUT2D eigenvalue weighted by atomic mass is 16.5. The van der Waals surface area contributed by atoms with Crippen LogP contribution in [0.2, 0.25) is 0 Å². The normalized spacial score (nSPS) is 11.6. The molecule has 0 aliphatic heterocycles. The van der Waals surface area contributed by atoms with Crippen LogP contribution >= 0.6 is 0 Å². The number of rotatable bonds is 6. The van der Waals surface area contributed by atoms with Gasteiger partial charge in [-0.15, -0.1) is 0 Å². The van der Waals surface area contributed by atoms with Crippen LogP contribution in [0.25, 0.3) is 0 Å². The van der Waals surface area contributed by atoms with E-state index in [-0.39, 0.29) is 23.2 Å². The SMILES string of the molecule is CCOc1ccccc1C(C)NC(=O)c1ccc(C(=O)O)c(C)n1. The molecule has 1 unspecified atom stereocenters. The van der Waals surface area contributed by atoms with E-state index in [0.29, 0.717) is 12.3 Å². The van der Waals surface area contributed by atoms with Gasteiger partial charge in [0.25, 0.3) is 5.91 Å². The lowest BCUT2D eigenvalue weighted by Crippen LogP contribution is -2.28. The van der Waals surface area contributed by atoms with Crippen LogP contribution in [0.5, 0.6) is 5.75 Å². The van der Waals surface area contributed by atoms with Crippen molar-refractivity contribution in [2.45, 2.75) is 26.8 Å². The minimum atomic E-state index is -1.06. The number of benzene rings is 1. The number of carbonyl (C=O) groups is 2. The Bertz CT molecular complexity index is 758. The van der Waals surface area contributed by atoms with Crippen molar-refractivity contribution in [1.29, 1.82) is 0 Å². The first-order chi connectivity index (χ1) is 11.4. The van der Waals surface area contributed by atoms with Crippen molar-refractivity contribution in [3.8, 4) is 5.75 Å². The summed E-state index contributed by atoms with van der Waals surface area (Å²) in [5.74, 6) is -0.710. The monoisotopic (exact) mass is 328 g/mol. The van der Waals surface area contributed by atoms with Gasteiger partial charge in [0.15, 0.2) is 0 Å². The molecule has 0 aliphatic rings. The van der Waals surface area contributed by atoms with Crippen molar-refractivity contribution in [3.63, 3.8) is 0 Å². The molecule has 0 spiro atoms. The number of para-hydroxylation sites is 1. The van der Waals surface area contributed by atoms with Gasteiger partial charge in [-0.3, -0.25) is 4.79 Å². The molecule has 1 aromatic carbocycles. The van der Waals surface area contributed by atoms with Gasteiger partial charge in [0, 0.05) is 5.56 Å². The standard InChI is InChI=1S/C18H20N2O4/c1-4-24-16-8-6-5-7-13(16)11(2)20-17(21)15-10-9-14(18(22)23)12(3)19-15/h5-11H,4H2,1-3H3,(H,20,21)(H,22,23). The van der Waals surface area contributed by atoms with E-state index in [1.54, 1.807) is 6.92 Å². The number of ether oxygens (including phenoxy) is 1. The molecule has 0 bridgehead atoms. The first-order valence-corrected chi connectivity index (χ1v) is 7.67. The molecule has 0 saturated heterocycles. The second-order valence-corrected chi connectivity index (χ2v) is 5.30. The number of aryl methyl sites for hydroxylation is 1. The Morgan fingerprint density at radius 2 is 1.96 bits per heavy atom. The van der Waals surface area contributed by atoms with Crippen molar-refractivity contribution >= 4 is 11.9 Å². The Labute approximate surface area is 140 Å². The predicted octanol–water partition coefficient (Wildman–Crippen LogP) is 2.98. The van der Waals surface area contributed by atoms with Gasteiger partial charge in [-0.2, -0.15) is 0 Å². The second-order valence-electron chi connectivity index (χ2n) is 5.30. The minimum absolute atomic E-state index is 0.0845. The number of pyridine rings is 1. The number of carboxylic acid groups (broad SMARTS) is 1. The van der Waals surface area contributed by atoms with Crippen LogP contribution < -0.4 is 10.1 Å². The van der Waals surface area contributed by atoms with Gasteiger partial charge < -0.3 is 15.2 Å². The number of nitrogens with one attached hydrogen (secondary N) is 1. The van der Waals surface area contributed by atoms with Gasteiger partial charge in [0.1, 0.15) is 11.4 Å². The molecule has 0 fully saturated rings. The zero-order chi connectivity index (χ0) is 17.7. The first-order valence-electron chi connectivity index (χ1n) is 7.67. The third-order valence-electron chi connectivity index (χ3n) is 3.58. The zero-order valence-corrected chi connectivity index (χ0v) is 13.9. The summed E-state index contributed by atoms with van der Waals surface area (Å²) in [6, 6.07) is 10.0. The summed E-state index contributed by atoms with van der Waals surface area (Å²) in [5.41, 5.74) is 1.43. The van der Waals surface area contributed by atoms with Gasteiger partial charge in [-0.05, 0) is 39.0 Å². The summed E-state index contributed by atoms with van der Waals surface area (Å²) in [5, 5.41) is 11.9. The predicted molar refractivity (Wildman–Crippen MR) is 89.4 cm³/mol. The van der Waals surface area contributed by atoms with Crippen molar-refractivity contribution in [2.24, 2.45) is 0 Å². The lowest BCUT2D eigenvalue weighted by Gasteiger charge is -2.18. The van der Waals surface area contributed by atoms with Crippen molar-refractivity contribution in [2.75, 3.05) is 6.61 Å². The number of amides is 1. The molecule has 0 radical (unpaired) electrons. The van der Waals surface area contributed by atoms with Crippen LogP contribution in [0, 0.1) is 6.92 Å². The zero-order valence-electron chi connectivity index (χ0n) is 13.9. The van der Waals surface area contributed by atoms with Gasteiger partial charge in [-0.25, -0.2) is 9.78 Å². The largest absolute Gasteiger partial charge is 0.494 e. The quantitative estimate of drug-likeness (QED) is 0.851. The molecule has 0 aliphatic carbocycles. The molecule has 2 aromatic rings. The van der Waals surface area contributed by atoms with E-state index in [9.17, 15) is 9.59 Å². The highest BCUT2D eigenvalue weighted by Crippen LogP contribution is 2.25. The average Bonchev–Trinajstić information content (AvgIpc) is 2.55. The summed E-state index contributed by atoms with van der Waals surface area (Å²) >= 11 is 0. The molecule has 1 aromatic heterocycles. The Balaban J connectivity index is 2.17. The molecule has 0 saturated carbocycles. The van der Waals surface area contributed by atoms with E-state index in [1.807, 2.05) is 38.1 Å². The number of carbonyl (C=O) groups excluding carboxylic acids is 1. The Morgan fingerprint density at radius 3 is 2.58 bits per heavy atom. The smallest absolute Gasteiger partial charge is 0.337 e. The topological polar surface area (TPSA) is 88.5 Å². The van der Waals surface area contributed by atoms with Crippen molar-refractivity contribution < 1.29 is 19.4 Å². The van der Waals surface area contributed by atoms with E-state index in [0.717, 1.165) is 11.3 Å². The fourth-order valence-corrected chi connectivity index (χ4v) is 2.39. The number of aromatic carboxylic acids is 1. The van der Waals surface area contributed by atoms with Crippen LogP contribution in [-0.2, 0) is 0 Å². The number of carboxylic acids is 1. The number of hydrogen-bond acceptors (Lipinski definition) is 4. The highest BCUT2D eigenvalue weighted by Gasteiger charge is 2.17. The van der Waals surface area contributed by atoms with E-state index >= 15 is 0 Å². The van der Waals surface area contributed by atoms with Crippen LogP contribution in [0.1, 0.15) is 52.0 Å². The van der Waals surface area contributed by atoms with Crippen LogP contribution in [0.15, 0.2) is 36.4 Å². The Hall–Kier alpha value is -2.89. The number of hydrogen-bond donors (Lipinski definition) is 2. The van der Waals surface area contributed by atoms with E-state index < -0.39 is 5.97 Å². The molecule has 1 atom stereocenters. The molecule has 6 heteroatoms. The molecular weight excluding hydrogens is 308 g/mol. The minimum Gasteiger partial charge on any atom is -0.494 e. The van der Waals surface area contributed by atoms with Gasteiger partial charge in [-0.1, -0.05) is 18.2 Å². The average molecular weight is 328 g/mol. The molecule has 2 rings (SSSR count). The summed E-state index contributed by atoms with van der Waals surface area (Å²) in [7, 11) is 0. The lowest BCUT2D eigenvalue weighted by molar-refractivity contribution is 0.0694. The fraction of sp³-hybridized carbons (Fsp3) is 0.278. The Kier molecular flexibility index (Phi) is 5.52. The van der Waals surface area contributed by atoms with E-state index in [4.69, 9.17) is 9.84 Å². The molecule has 24 heavy (non-hydrogen) atoms. The lowest BCUT2D eigenvalue weighted by atomic mass is 10.1. The maximum absolute atomic E-state index is 12.4. The molecular formula is C18H20N2O4. The van der Waals surface area contributed by atoms with Crippen LogP contribution in [0.4, 0.5) is 0 Å². The highest BCUT2D eigenvalue weighted by molar-refractivity contribution is 5.94. The van der Waals surface area contributed by atoms with Gasteiger partial charge in [0.2, 0.25) is 0 Å². The molecule has 6 nitrogen and oxygen atoms in total. The van der Waals surface area contributed by atoms with Crippen LogP contribution in [0.3, 0.4) is 0 Å². The summed E-state index contributed by atoms with van der Waals surface area (Å²) < 4.78 is 5.57. The van der Waals surface area contributed by atoms with Gasteiger partial charge in [0.05, 0.1) is 23.9 Å². The number of aromatic nitrogens is 1. The third-order valence-corrected chi connectivity index (χ3v) is 3.58. The maximum atomic E-state index is 12.4. The first kappa shape index (κ1) is 17.5. The van der Waals surface area contributed by atoms with E-state index in [1.165, 1.54) is 12.1 Å². The molecule has 2 N–H and O–H groups in total. The molecule has 126 valence electrons. The summed E-state index contributed by atoms with van der Waals surface area (Å²) in [4.78, 5) is 27.5. The fourth-order valence-electron chi connectivity index (χ4n) is 2.39. The second kappa shape index (κ2) is 7.59. The van der Waals surface area contributed by atoms with Crippen LogP contribution in [-0.4, -0.2) is 28.6 Å². The number of nitrogens with zero attached hydrogens (tertiary/aromatic N) is 1. The van der Waals surface area contributed by atoms with Gasteiger partial charge >= 0.3 is 5.97 Å². The summed E-state index contributed by atoms with van der Waals surface area (Å²) in [6.45, 7) is 5.86.